The molecule has 5 nitrogen and oxygen atoms in total. The number of carbonyl (C=O) groups excluding carboxylic acids is 2. The topological polar surface area (TPSA) is 67.4 Å². The van der Waals surface area contributed by atoms with Crippen molar-refractivity contribution in [2.45, 2.75) is 17.9 Å². The summed E-state index contributed by atoms with van der Waals surface area (Å²) in [5, 5.41) is 6.62. The van der Waals surface area contributed by atoms with Crippen molar-refractivity contribution < 1.29 is 14.3 Å². The molecule has 0 fully saturated rings. The number of hydrogen-bond acceptors (Lipinski definition) is 4. The van der Waals surface area contributed by atoms with Crippen LogP contribution in [0.3, 0.4) is 0 Å². The minimum Gasteiger partial charge on any atom is -0.383 e. The molecule has 28 heavy (non-hydrogen) atoms. The van der Waals surface area contributed by atoms with Gasteiger partial charge in [0.2, 0.25) is 5.91 Å². The van der Waals surface area contributed by atoms with Crippen molar-refractivity contribution in [1.29, 1.82) is 0 Å². The van der Waals surface area contributed by atoms with Gasteiger partial charge in [-0.3, -0.25) is 9.59 Å². The van der Waals surface area contributed by atoms with E-state index in [4.69, 9.17) is 27.9 Å². The van der Waals surface area contributed by atoms with E-state index in [0.717, 1.165) is 10.5 Å². The summed E-state index contributed by atoms with van der Waals surface area (Å²) >= 11 is 13.3. The molecule has 2 amide bonds. The summed E-state index contributed by atoms with van der Waals surface area (Å²) in [5.74, 6) is -0.112. The number of carbonyl (C=O) groups is 2. The van der Waals surface area contributed by atoms with Gasteiger partial charge < -0.3 is 15.4 Å². The van der Waals surface area contributed by atoms with Gasteiger partial charge in [-0.1, -0.05) is 41.4 Å². The van der Waals surface area contributed by atoms with Crippen LogP contribution in [0.1, 0.15) is 28.9 Å². The van der Waals surface area contributed by atoms with E-state index in [-0.39, 0.29) is 23.6 Å². The Bertz CT molecular complexity index is 833. The molecule has 1 atom stereocenters. The smallest absolute Gasteiger partial charge is 0.252 e. The first-order valence-electron chi connectivity index (χ1n) is 8.65. The molecular weight excluding hydrogens is 419 g/mol. The summed E-state index contributed by atoms with van der Waals surface area (Å²) in [5.41, 5.74) is 1.37. The number of ether oxygens (including phenoxy) is 1. The van der Waals surface area contributed by atoms with Crippen LogP contribution in [0.25, 0.3) is 0 Å². The van der Waals surface area contributed by atoms with Crippen LogP contribution in [0.4, 0.5) is 0 Å². The molecule has 0 bridgehead atoms. The van der Waals surface area contributed by atoms with Crippen molar-refractivity contribution in [3.8, 4) is 0 Å². The highest BCUT2D eigenvalue weighted by molar-refractivity contribution is 8.00. The third-order valence-corrected chi connectivity index (χ3v) is 5.72. The molecule has 0 aliphatic heterocycles. The number of rotatable bonds is 9. The van der Waals surface area contributed by atoms with Crippen LogP contribution in [0.2, 0.25) is 10.0 Å². The van der Waals surface area contributed by atoms with Gasteiger partial charge in [-0.2, -0.15) is 0 Å². The normalized spacial score (nSPS) is 11.7. The highest BCUT2D eigenvalue weighted by Crippen LogP contribution is 2.27. The number of thioether (sulfide) groups is 1. The van der Waals surface area contributed by atoms with Crippen molar-refractivity contribution in [3.63, 3.8) is 0 Å². The maximum absolute atomic E-state index is 12.8. The Labute approximate surface area is 179 Å². The number of hydrogen-bond donors (Lipinski definition) is 2. The molecule has 2 aromatic carbocycles. The van der Waals surface area contributed by atoms with Crippen molar-refractivity contribution in [2.75, 3.05) is 26.0 Å². The van der Waals surface area contributed by atoms with Gasteiger partial charge in [0.05, 0.1) is 34.0 Å². The van der Waals surface area contributed by atoms with Gasteiger partial charge in [-0.15, -0.1) is 11.8 Å². The molecule has 0 saturated heterocycles. The average Bonchev–Trinajstić information content (AvgIpc) is 2.68. The zero-order chi connectivity index (χ0) is 20.5. The fourth-order valence-corrected chi connectivity index (χ4v) is 3.59. The lowest BCUT2D eigenvalue weighted by Crippen LogP contribution is -2.29. The summed E-state index contributed by atoms with van der Waals surface area (Å²) in [6.45, 7) is 2.79. The predicted molar refractivity (Wildman–Crippen MR) is 114 cm³/mol. The predicted octanol–water partition coefficient (Wildman–Crippen LogP) is 4.34. The molecule has 1 unspecified atom stereocenters. The molecule has 2 rings (SSSR count). The largest absolute Gasteiger partial charge is 0.383 e. The zero-order valence-electron chi connectivity index (χ0n) is 15.6. The minimum atomic E-state index is -0.252. The highest BCUT2D eigenvalue weighted by Gasteiger charge is 2.16. The van der Waals surface area contributed by atoms with Crippen LogP contribution >= 0.6 is 35.0 Å². The number of methoxy groups -OCH3 is 1. The molecule has 0 aromatic heterocycles. The van der Waals surface area contributed by atoms with Crippen LogP contribution < -0.4 is 10.6 Å². The van der Waals surface area contributed by atoms with Gasteiger partial charge in [0.1, 0.15) is 0 Å². The van der Waals surface area contributed by atoms with E-state index in [1.54, 1.807) is 31.4 Å². The highest BCUT2D eigenvalue weighted by atomic mass is 35.5. The van der Waals surface area contributed by atoms with Crippen molar-refractivity contribution in [1.82, 2.24) is 10.6 Å². The lowest BCUT2D eigenvalue weighted by molar-refractivity contribution is -0.118. The quantitative estimate of drug-likeness (QED) is 0.449. The van der Waals surface area contributed by atoms with Crippen molar-refractivity contribution >= 4 is 46.8 Å². The second-order valence-electron chi connectivity index (χ2n) is 6.00. The van der Waals surface area contributed by atoms with E-state index in [1.807, 2.05) is 25.1 Å². The lowest BCUT2D eigenvalue weighted by atomic mass is 10.1. The number of halogens is 2. The summed E-state index contributed by atoms with van der Waals surface area (Å²) in [6.07, 6.45) is 0. The Morgan fingerprint density at radius 3 is 2.61 bits per heavy atom. The van der Waals surface area contributed by atoms with Crippen LogP contribution in [-0.4, -0.2) is 37.8 Å². The maximum atomic E-state index is 12.8. The molecule has 0 aliphatic rings. The van der Waals surface area contributed by atoms with E-state index < -0.39 is 0 Å². The molecular formula is C20H22Cl2N2O3S. The Balaban J connectivity index is 2.01. The SMILES string of the molecule is COCCNC(=O)CSc1ccccc1C(=O)NC(C)c1ccc(Cl)c(Cl)c1. The molecule has 8 heteroatoms. The monoisotopic (exact) mass is 440 g/mol. The molecule has 150 valence electrons. The first kappa shape index (κ1) is 22.6. The standard InChI is InChI=1S/C20H22Cl2N2O3S/c1-13(14-7-8-16(21)17(22)11-14)24-20(26)15-5-3-4-6-18(15)28-12-19(25)23-9-10-27-2/h3-8,11,13H,9-10,12H2,1-2H3,(H,23,25)(H,24,26). The van der Waals surface area contributed by atoms with Gasteiger partial charge in [-0.25, -0.2) is 0 Å². The lowest BCUT2D eigenvalue weighted by Gasteiger charge is -2.16. The van der Waals surface area contributed by atoms with Gasteiger partial charge >= 0.3 is 0 Å². The molecule has 0 spiro atoms. The molecule has 0 radical (unpaired) electrons. The van der Waals surface area contributed by atoms with Gasteiger partial charge in [-0.05, 0) is 36.8 Å². The van der Waals surface area contributed by atoms with Gasteiger partial charge in [0, 0.05) is 18.6 Å². The van der Waals surface area contributed by atoms with E-state index >= 15 is 0 Å². The molecule has 2 aromatic rings. The Kier molecular flexibility index (Phi) is 9.12. The number of nitrogens with one attached hydrogen (secondary N) is 2. The fourth-order valence-electron chi connectivity index (χ4n) is 2.41. The number of benzene rings is 2. The summed E-state index contributed by atoms with van der Waals surface area (Å²) in [6, 6.07) is 12.2. The van der Waals surface area contributed by atoms with Gasteiger partial charge in [0.15, 0.2) is 0 Å². The first-order valence-corrected chi connectivity index (χ1v) is 10.4. The van der Waals surface area contributed by atoms with Crippen LogP contribution in [0.5, 0.6) is 0 Å². The second-order valence-corrected chi connectivity index (χ2v) is 7.83. The third kappa shape index (κ3) is 6.71. The molecule has 0 saturated carbocycles. The Morgan fingerprint density at radius 1 is 1.14 bits per heavy atom. The summed E-state index contributed by atoms with van der Waals surface area (Å²) < 4.78 is 4.90. The van der Waals surface area contributed by atoms with E-state index in [2.05, 4.69) is 10.6 Å². The summed E-state index contributed by atoms with van der Waals surface area (Å²) in [4.78, 5) is 25.4. The number of amides is 2. The van der Waals surface area contributed by atoms with Gasteiger partial charge in [0.25, 0.3) is 5.91 Å². The molecule has 2 N–H and O–H groups in total. The molecule has 0 heterocycles. The fraction of sp³-hybridized carbons (Fsp3) is 0.300. The van der Waals surface area contributed by atoms with Crippen LogP contribution in [0, 0.1) is 0 Å². The van der Waals surface area contributed by atoms with Crippen molar-refractivity contribution in [2.24, 2.45) is 0 Å². The van der Waals surface area contributed by atoms with Crippen LogP contribution in [0.15, 0.2) is 47.4 Å². The molecule has 0 aliphatic carbocycles. The minimum absolute atomic E-state index is 0.110. The van der Waals surface area contributed by atoms with E-state index in [1.165, 1.54) is 11.8 Å². The van der Waals surface area contributed by atoms with E-state index in [0.29, 0.717) is 28.8 Å². The average molecular weight is 441 g/mol. The second kappa shape index (κ2) is 11.3. The third-order valence-electron chi connectivity index (χ3n) is 3.91. The maximum Gasteiger partial charge on any atom is 0.252 e. The Hall–Kier alpha value is -1.73. The first-order chi connectivity index (χ1) is 13.4. The summed E-state index contributed by atoms with van der Waals surface area (Å²) in [7, 11) is 1.58. The van der Waals surface area contributed by atoms with Crippen LogP contribution in [-0.2, 0) is 9.53 Å². The van der Waals surface area contributed by atoms with E-state index in [9.17, 15) is 9.59 Å². The zero-order valence-corrected chi connectivity index (χ0v) is 18.0. The van der Waals surface area contributed by atoms with Crippen molar-refractivity contribution in [3.05, 3.63) is 63.6 Å². The Morgan fingerprint density at radius 2 is 1.89 bits per heavy atom.